The summed E-state index contributed by atoms with van der Waals surface area (Å²) < 4.78 is 0. The summed E-state index contributed by atoms with van der Waals surface area (Å²) in [6.07, 6.45) is 5.74. The summed E-state index contributed by atoms with van der Waals surface area (Å²) in [6, 6.07) is -0.138. The molecule has 0 bridgehead atoms. The molecule has 0 radical (unpaired) electrons. The minimum absolute atomic E-state index is 0.00337. The summed E-state index contributed by atoms with van der Waals surface area (Å²) in [4.78, 5) is 33.5. The molecule has 0 saturated carbocycles. The molecule has 8 heteroatoms. The maximum absolute atomic E-state index is 12.4. The van der Waals surface area contributed by atoms with Crippen LogP contribution in [0.3, 0.4) is 0 Å². The molecule has 2 N–H and O–H groups in total. The zero-order chi connectivity index (χ0) is 16.2. The topological polar surface area (TPSA) is 77.6 Å². The van der Waals surface area contributed by atoms with Gasteiger partial charge in [-0.2, -0.15) is 0 Å². The van der Waals surface area contributed by atoms with Gasteiger partial charge in [-0.3, -0.25) is 5.32 Å². The van der Waals surface area contributed by atoms with Crippen LogP contribution >= 0.6 is 11.3 Å². The molecule has 0 aromatic carbocycles. The van der Waals surface area contributed by atoms with Crippen molar-refractivity contribution in [2.45, 2.75) is 38.6 Å². The molecule has 1 unspecified atom stereocenters. The van der Waals surface area contributed by atoms with E-state index < -0.39 is 0 Å². The summed E-state index contributed by atoms with van der Waals surface area (Å²) in [5.74, 6) is 0. The first-order valence-electron chi connectivity index (χ1n) is 8.15. The Balaban J connectivity index is 1.49. The number of likely N-dealkylation sites (tertiary alicyclic amines) is 2. The number of amides is 4. The van der Waals surface area contributed by atoms with Crippen LogP contribution in [0.4, 0.5) is 14.7 Å². The van der Waals surface area contributed by atoms with Gasteiger partial charge in [0.1, 0.15) is 0 Å². The van der Waals surface area contributed by atoms with E-state index in [2.05, 4.69) is 15.6 Å². The number of rotatable bonds is 2. The Morgan fingerprint density at radius 1 is 1.22 bits per heavy atom. The molecule has 2 aliphatic heterocycles. The number of carbonyl (C=O) groups excluding carboxylic acids is 2. The highest BCUT2D eigenvalue weighted by Gasteiger charge is 2.29. The van der Waals surface area contributed by atoms with Crippen LogP contribution in [0.25, 0.3) is 0 Å². The van der Waals surface area contributed by atoms with Crippen molar-refractivity contribution in [3.05, 3.63) is 11.1 Å². The maximum atomic E-state index is 12.4. The zero-order valence-corrected chi connectivity index (χ0v) is 14.2. The Hall–Kier alpha value is -1.83. The van der Waals surface area contributed by atoms with Crippen LogP contribution in [-0.4, -0.2) is 59.1 Å². The molecule has 3 heterocycles. The highest BCUT2D eigenvalue weighted by molar-refractivity contribution is 7.15. The van der Waals surface area contributed by atoms with Gasteiger partial charge in [0.05, 0.1) is 0 Å². The van der Waals surface area contributed by atoms with Crippen LogP contribution in [0, 0.1) is 6.92 Å². The molecule has 3 rings (SSSR count). The minimum Gasteiger partial charge on any atom is -0.333 e. The predicted octanol–water partition coefficient (Wildman–Crippen LogP) is 2.25. The van der Waals surface area contributed by atoms with E-state index in [-0.39, 0.29) is 18.1 Å². The van der Waals surface area contributed by atoms with Gasteiger partial charge in [-0.05, 0) is 32.6 Å². The van der Waals surface area contributed by atoms with Gasteiger partial charge in [-0.25, -0.2) is 14.6 Å². The molecule has 2 aliphatic rings. The molecular formula is C15H23N5O2S. The summed E-state index contributed by atoms with van der Waals surface area (Å²) in [5.41, 5.74) is 0. The number of piperidine rings is 1. The molecule has 7 nitrogen and oxygen atoms in total. The van der Waals surface area contributed by atoms with Gasteiger partial charge in [0.25, 0.3) is 0 Å². The fraction of sp³-hybridized carbons (Fsp3) is 0.667. The van der Waals surface area contributed by atoms with Gasteiger partial charge in [0.2, 0.25) is 0 Å². The van der Waals surface area contributed by atoms with E-state index in [1.165, 1.54) is 11.3 Å². The highest BCUT2D eigenvalue weighted by atomic mass is 32.1. The third-order valence-electron chi connectivity index (χ3n) is 4.25. The lowest BCUT2D eigenvalue weighted by atomic mass is 10.1. The number of aryl methyl sites for hydroxylation is 1. The lowest BCUT2D eigenvalue weighted by Crippen LogP contribution is -2.53. The van der Waals surface area contributed by atoms with Crippen LogP contribution < -0.4 is 10.6 Å². The molecule has 1 aromatic rings. The van der Waals surface area contributed by atoms with Crippen molar-refractivity contribution in [3.63, 3.8) is 0 Å². The molecule has 2 saturated heterocycles. The number of hydrogen-bond donors (Lipinski definition) is 2. The van der Waals surface area contributed by atoms with Crippen molar-refractivity contribution < 1.29 is 9.59 Å². The fourth-order valence-corrected chi connectivity index (χ4v) is 3.77. The average molecular weight is 337 g/mol. The number of anilines is 1. The summed E-state index contributed by atoms with van der Waals surface area (Å²) in [7, 11) is 0. The van der Waals surface area contributed by atoms with Gasteiger partial charge >= 0.3 is 12.1 Å². The van der Waals surface area contributed by atoms with E-state index in [9.17, 15) is 9.59 Å². The second-order valence-corrected chi connectivity index (χ2v) is 7.37. The number of thiazole rings is 1. The van der Waals surface area contributed by atoms with Crippen molar-refractivity contribution in [1.29, 1.82) is 0 Å². The van der Waals surface area contributed by atoms with E-state index in [1.54, 1.807) is 6.20 Å². The molecule has 0 aliphatic carbocycles. The Morgan fingerprint density at radius 2 is 1.96 bits per heavy atom. The monoisotopic (exact) mass is 337 g/mol. The number of carbonyl (C=O) groups is 2. The smallest absolute Gasteiger partial charge is 0.321 e. The lowest BCUT2D eigenvalue weighted by molar-refractivity contribution is 0.143. The van der Waals surface area contributed by atoms with Gasteiger partial charge in [-0.1, -0.05) is 0 Å². The Kier molecular flexibility index (Phi) is 5.00. The summed E-state index contributed by atoms with van der Waals surface area (Å²) >= 11 is 1.45. The van der Waals surface area contributed by atoms with Gasteiger partial charge in [0.15, 0.2) is 5.13 Å². The van der Waals surface area contributed by atoms with Gasteiger partial charge < -0.3 is 15.1 Å². The van der Waals surface area contributed by atoms with Crippen molar-refractivity contribution in [2.24, 2.45) is 0 Å². The van der Waals surface area contributed by atoms with Crippen molar-refractivity contribution in [3.8, 4) is 0 Å². The van der Waals surface area contributed by atoms with E-state index in [0.717, 1.165) is 50.2 Å². The molecule has 4 amide bonds. The third kappa shape index (κ3) is 4.13. The zero-order valence-electron chi connectivity index (χ0n) is 13.4. The van der Waals surface area contributed by atoms with Crippen LogP contribution in [0.2, 0.25) is 0 Å². The maximum Gasteiger partial charge on any atom is 0.321 e. The summed E-state index contributed by atoms with van der Waals surface area (Å²) in [6.45, 7) is 5.03. The number of aromatic nitrogens is 1. The third-order valence-corrected chi connectivity index (χ3v) is 5.07. The Labute approximate surface area is 140 Å². The first-order valence-corrected chi connectivity index (χ1v) is 8.97. The molecule has 1 atom stereocenters. The second-order valence-electron chi connectivity index (χ2n) is 6.14. The number of nitrogens with zero attached hydrogens (tertiary/aromatic N) is 3. The molecule has 23 heavy (non-hydrogen) atoms. The molecule has 1 aromatic heterocycles. The van der Waals surface area contributed by atoms with Crippen LogP contribution in [-0.2, 0) is 0 Å². The van der Waals surface area contributed by atoms with Crippen molar-refractivity contribution in [1.82, 2.24) is 20.1 Å². The van der Waals surface area contributed by atoms with Crippen LogP contribution in [0.1, 0.15) is 30.6 Å². The molecular weight excluding hydrogens is 314 g/mol. The number of urea groups is 2. The van der Waals surface area contributed by atoms with E-state index >= 15 is 0 Å². The standard InChI is InChI=1S/C15H23N5O2S/c1-11-9-16-14(23-11)18-13(21)17-12-5-4-8-20(10-12)15(22)19-6-2-3-7-19/h9,12H,2-8,10H2,1H3,(H2,16,17,18,21). The predicted molar refractivity (Wildman–Crippen MR) is 89.8 cm³/mol. The second kappa shape index (κ2) is 7.16. The van der Waals surface area contributed by atoms with Gasteiger partial charge in [0, 0.05) is 43.3 Å². The Bertz CT molecular complexity index is 570. The number of nitrogens with one attached hydrogen (secondary N) is 2. The van der Waals surface area contributed by atoms with Crippen LogP contribution in [0.5, 0.6) is 0 Å². The molecule has 0 spiro atoms. The molecule has 2 fully saturated rings. The Morgan fingerprint density at radius 3 is 2.65 bits per heavy atom. The van der Waals surface area contributed by atoms with Gasteiger partial charge in [-0.15, -0.1) is 11.3 Å². The largest absolute Gasteiger partial charge is 0.333 e. The quantitative estimate of drug-likeness (QED) is 0.869. The average Bonchev–Trinajstić information content (AvgIpc) is 3.18. The highest BCUT2D eigenvalue weighted by Crippen LogP contribution is 2.18. The van der Waals surface area contributed by atoms with E-state index in [0.29, 0.717) is 11.7 Å². The van der Waals surface area contributed by atoms with Crippen molar-refractivity contribution >= 4 is 28.5 Å². The first-order chi connectivity index (χ1) is 11.1. The number of hydrogen-bond acceptors (Lipinski definition) is 4. The minimum atomic E-state index is -0.250. The lowest BCUT2D eigenvalue weighted by Gasteiger charge is -2.35. The summed E-state index contributed by atoms with van der Waals surface area (Å²) in [5, 5.41) is 6.31. The first kappa shape index (κ1) is 16.0. The van der Waals surface area contributed by atoms with Crippen LogP contribution in [0.15, 0.2) is 6.20 Å². The SMILES string of the molecule is Cc1cnc(NC(=O)NC2CCCN(C(=O)N3CCCC3)C2)s1. The molecule has 126 valence electrons. The van der Waals surface area contributed by atoms with E-state index in [1.807, 2.05) is 16.7 Å². The normalized spacial score (nSPS) is 21.3. The van der Waals surface area contributed by atoms with Crippen molar-refractivity contribution in [2.75, 3.05) is 31.5 Å². The fourth-order valence-electron chi connectivity index (χ4n) is 3.11. The van der Waals surface area contributed by atoms with E-state index in [4.69, 9.17) is 0 Å².